The minimum Gasteiger partial charge on any atom is -0.480 e. The number of aliphatic hydroxyl groups is 1. The fraction of sp³-hybridized carbons (Fsp3) is 0.417. The molecule has 1 aromatic rings. The minimum atomic E-state index is -0.906. The molecule has 0 amide bonds. The van der Waals surface area contributed by atoms with Crippen molar-refractivity contribution in [2.24, 2.45) is 0 Å². The van der Waals surface area contributed by atoms with Crippen molar-refractivity contribution in [1.82, 2.24) is 5.32 Å². The first-order chi connectivity index (χ1) is 7.65. The molecule has 4 heteroatoms. The van der Waals surface area contributed by atoms with Gasteiger partial charge in [-0.1, -0.05) is 30.3 Å². The third-order valence-electron chi connectivity index (χ3n) is 2.39. The fourth-order valence-corrected chi connectivity index (χ4v) is 1.52. The lowest BCUT2D eigenvalue weighted by molar-refractivity contribution is -0.139. The number of benzene rings is 1. The second-order valence-corrected chi connectivity index (χ2v) is 3.76. The molecule has 0 aliphatic heterocycles. The molecule has 2 unspecified atom stereocenters. The Hall–Kier alpha value is -1.39. The minimum absolute atomic E-state index is 0.0358. The van der Waals surface area contributed by atoms with E-state index in [9.17, 15) is 4.79 Å². The molecule has 16 heavy (non-hydrogen) atoms. The molecule has 4 nitrogen and oxygen atoms in total. The highest BCUT2D eigenvalue weighted by atomic mass is 16.4. The van der Waals surface area contributed by atoms with E-state index in [-0.39, 0.29) is 12.6 Å². The van der Waals surface area contributed by atoms with Crippen LogP contribution in [0.2, 0.25) is 0 Å². The number of aliphatic hydroxyl groups excluding tert-OH is 1. The van der Waals surface area contributed by atoms with Crippen molar-refractivity contribution in [3.63, 3.8) is 0 Å². The summed E-state index contributed by atoms with van der Waals surface area (Å²) in [7, 11) is 0. The van der Waals surface area contributed by atoms with Crippen molar-refractivity contribution in [3.05, 3.63) is 35.9 Å². The summed E-state index contributed by atoms with van der Waals surface area (Å²) in [6.45, 7) is 1.91. The molecule has 0 radical (unpaired) electrons. The number of carboxylic acids is 1. The summed E-state index contributed by atoms with van der Waals surface area (Å²) in [5, 5.41) is 20.9. The molecular formula is C12H17NO3. The van der Waals surface area contributed by atoms with E-state index < -0.39 is 12.0 Å². The van der Waals surface area contributed by atoms with Crippen LogP contribution in [0, 0.1) is 0 Å². The van der Waals surface area contributed by atoms with E-state index in [0.29, 0.717) is 6.42 Å². The van der Waals surface area contributed by atoms with Crippen LogP contribution in [-0.4, -0.2) is 28.8 Å². The van der Waals surface area contributed by atoms with Gasteiger partial charge in [0.15, 0.2) is 0 Å². The Morgan fingerprint density at radius 3 is 2.50 bits per heavy atom. The van der Waals surface area contributed by atoms with Gasteiger partial charge >= 0.3 is 5.97 Å². The highest BCUT2D eigenvalue weighted by molar-refractivity contribution is 5.75. The molecule has 0 spiro atoms. The quantitative estimate of drug-likeness (QED) is 0.677. The summed E-state index contributed by atoms with van der Waals surface area (Å²) >= 11 is 0. The van der Waals surface area contributed by atoms with Gasteiger partial charge in [-0.15, -0.1) is 0 Å². The maximum Gasteiger partial charge on any atom is 0.325 e. The van der Waals surface area contributed by atoms with Gasteiger partial charge in [0.1, 0.15) is 6.04 Å². The topological polar surface area (TPSA) is 69.6 Å². The molecule has 88 valence electrons. The zero-order chi connectivity index (χ0) is 12.0. The van der Waals surface area contributed by atoms with Crippen LogP contribution in [0.15, 0.2) is 30.3 Å². The summed E-state index contributed by atoms with van der Waals surface area (Å²) in [5.41, 5.74) is 0.722. The van der Waals surface area contributed by atoms with Crippen LogP contribution in [0.3, 0.4) is 0 Å². The van der Waals surface area contributed by atoms with Crippen LogP contribution in [0.1, 0.15) is 24.9 Å². The molecule has 0 aliphatic carbocycles. The standard InChI is InChI=1S/C12H17NO3/c1-9(7-8-14)13-11(12(15)16)10-5-3-2-4-6-10/h2-6,9,11,13-14H,7-8H2,1H3,(H,15,16). The number of rotatable bonds is 6. The normalized spacial score (nSPS) is 14.4. The van der Waals surface area contributed by atoms with Gasteiger partial charge < -0.3 is 10.2 Å². The number of carbonyl (C=O) groups is 1. The van der Waals surface area contributed by atoms with E-state index in [4.69, 9.17) is 10.2 Å². The summed E-state index contributed by atoms with van der Waals surface area (Å²) in [6, 6.07) is 8.26. The highest BCUT2D eigenvalue weighted by Gasteiger charge is 2.20. The van der Waals surface area contributed by atoms with Gasteiger partial charge in [-0.25, -0.2) is 0 Å². The lowest BCUT2D eigenvalue weighted by atomic mass is 10.1. The molecule has 2 atom stereocenters. The van der Waals surface area contributed by atoms with Crippen molar-refractivity contribution < 1.29 is 15.0 Å². The van der Waals surface area contributed by atoms with Gasteiger partial charge in [-0.2, -0.15) is 0 Å². The predicted octanol–water partition coefficient (Wildman–Crippen LogP) is 1.17. The summed E-state index contributed by atoms with van der Waals surface area (Å²) in [4.78, 5) is 11.1. The molecule has 0 aromatic heterocycles. The number of carboxylic acid groups (broad SMARTS) is 1. The lowest BCUT2D eigenvalue weighted by Gasteiger charge is -2.19. The molecule has 0 heterocycles. The molecule has 1 aromatic carbocycles. The maximum absolute atomic E-state index is 11.1. The number of nitrogens with one attached hydrogen (secondary N) is 1. The maximum atomic E-state index is 11.1. The van der Waals surface area contributed by atoms with E-state index in [1.807, 2.05) is 25.1 Å². The van der Waals surface area contributed by atoms with E-state index >= 15 is 0 Å². The molecule has 0 fully saturated rings. The monoisotopic (exact) mass is 223 g/mol. The smallest absolute Gasteiger partial charge is 0.325 e. The van der Waals surface area contributed by atoms with Crippen LogP contribution < -0.4 is 5.32 Å². The zero-order valence-corrected chi connectivity index (χ0v) is 9.26. The first-order valence-electron chi connectivity index (χ1n) is 5.29. The van der Waals surface area contributed by atoms with Crippen molar-refractivity contribution in [2.75, 3.05) is 6.61 Å². The average molecular weight is 223 g/mol. The molecule has 1 rings (SSSR count). The van der Waals surface area contributed by atoms with Crippen molar-refractivity contribution in [3.8, 4) is 0 Å². The molecular weight excluding hydrogens is 206 g/mol. The largest absolute Gasteiger partial charge is 0.480 e. The van der Waals surface area contributed by atoms with Gasteiger partial charge in [0.2, 0.25) is 0 Å². The molecule has 0 saturated heterocycles. The lowest BCUT2D eigenvalue weighted by Crippen LogP contribution is -2.35. The fourth-order valence-electron chi connectivity index (χ4n) is 1.52. The third-order valence-corrected chi connectivity index (χ3v) is 2.39. The van der Waals surface area contributed by atoms with E-state index in [2.05, 4.69) is 5.32 Å². The Balaban J connectivity index is 2.73. The number of hydrogen-bond acceptors (Lipinski definition) is 3. The van der Waals surface area contributed by atoms with Gasteiger partial charge in [0, 0.05) is 12.6 Å². The van der Waals surface area contributed by atoms with Crippen molar-refractivity contribution in [2.45, 2.75) is 25.4 Å². The van der Waals surface area contributed by atoms with Crippen LogP contribution in [0.25, 0.3) is 0 Å². The Kier molecular flexibility index (Phi) is 4.95. The first-order valence-corrected chi connectivity index (χ1v) is 5.29. The Labute approximate surface area is 94.9 Å². The molecule has 3 N–H and O–H groups in total. The van der Waals surface area contributed by atoms with Gasteiger partial charge in [0.25, 0.3) is 0 Å². The van der Waals surface area contributed by atoms with Crippen molar-refractivity contribution >= 4 is 5.97 Å². The van der Waals surface area contributed by atoms with Gasteiger partial charge in [0.05, 0.1) is 0 Å². The van der Waals surface area contributed by atoms with E-state index in [0.717, 1.165) is 5.56 Å². The number of aliphatic carboxylic acids is 1. The SMILES string of the molecule is CC(CCO)NC(C(=O)O)c1ccccc1. The highest BCUT2D eigenvalue weighted by Crippen LogP contribution is 2.13. The first kappa shape index (κ1) is 12.7. The Morgan fingerprint density at radius 2 is 2.00 bits per heavy atom. The third kappa shape index (κ3) is 3.64. The van der Waals surface area contributed by atoms with E-state index in [1.54, 1.807) is 12.1 Å². The molecule has 0 saturated carbocycles. The average Bonchev–Trinajstić information content (AvgIpc) is 2.27. The molecule has 0 aliphatic rings. The van der Waals surface area contributed by atoms with Crippen LogP contribution in [0.5, 0.6) is 0 Å². The summed E-state index contributed by atoms with van der Waals surface area (Å²) in [6.07, 6.45) is 0.538. The molecule has 0 bridgehead atoms. The zero-order valence-electron chi connectivity index (χ0n) is 9.26. The van der Waals surface area contributed by atoms with Gasteiger partial charge in [-0.3, -0.25) is 10.1 Å². The van der Waals surface area contributed by atoms with Gasteiger partial charge in [-0.05, 0) is 18.9 Å². The Morgan fingerprint density at radius 1 is 1.38 bits per heavy atom. The second kappa shape index (κ2) is 6.25. The number of hydrogen-bond donors (Lipinski definition) is 3. The predicted molar refractivity (Wildman–Crippen MR) is 61.1 cm³/mol. The van der Waals surface area contributed by atoms with Crippen LogP contribution in [-0.2, 0) is 4.79 Å². The van der Waals surface area contributed by atoms with Crippen molar-refractivity contribution in [1.29, 1.82) is 0 Å². The van der Waals surface area contributed by atoms with Crippen LogP contribution >= 0.6 is 0 Å². The Bertz CT molecular complexity index is 326. The van der Waals surface area contributed by atoms with E-state index in [1.165, 1.54) is 0 Å². The second-order valence-electron chi connectivity index (χ2n) is 3.76. The summed E-state index contributed by atoms with van der Waals surface area (Å²) in [5.74, 6) is -0.906. The van der Waals surface area contributed by atoms with Crippen LogP contribution in [0.4, 0.5) is 0 Å². The summed E-state index contributed by atoms with van der Waals surface area (Å²) < 4.78 is 0.